The number of hydrogen-bond acceptors (Lipinski definition) is 3. The van der Waals surface area contributed by atoms with Gasteiger partial charge >= 0.3 is 6.18 Å². The maximum atomic E-state index is 13.5. The van der Waals surface area contributed by atoms with Gasteiger partial charge in [-0.05, 0) is 18.2 Å². The van der Waals surface area contributed by atoms with Crippen molar-refractivity contribution in [3.8, 4) is 0 Å². The van der Waals surface area contributed by atoms with E-state index in [1.165, 1.54) is 6.07 Å². The first-order valence-corrected chi connectivity index (χ1v) is 5.85. The first-order valence-electron chi connectivity index (χ1n) is 5.10. The van der Waals surface area contributed by atoms with Gasteiger partial charge in [0.15, 0.2) is 10.3 Å². The zero-order chi connectivity index (χ0) is 14.9. The lowest BCUT2D eigenvalue weighted by Gasteiger charge is -2.12. The quantitative estimate of drug-likeness (QED) is 0.814. The molecule has 0 spiro atoms. The van der Waals surface area contributed by atoms with Crippen LogP contribution in [0.3, 0.4) is 0 Å². The molecule has 0 amide bonds. The van der Waals surface area contributed by atoms with Crippen LogP contribution in [0.15, 0.2) is 24.3 Å². The van der Waals surface area contributed by atoms with Crippen LogP contribution in [0.2, 0.25) is 10.3 Å². The number of benzene rings is 1. The van der Waals surface area contributed by atoms with Crippen molar-refractivity contribution in [3.63, 3.8) is 0 Å². The maximum Gasteiger partial charge on any atom is 0.416 e. The number of alkyl halides is 3. The molecule has 1 heterocycles. The van der Waals surface area contributed by atoms with Crippen LogP contribution < -0.4 is 5.32 Å². The smallest absolute Gasteiger partial charge is 0.350 e. The van der Waals surface area contributed by atoms with E-state index in [9.17, 15) is 17.6 Å². The summed E-state index contributed by atoms with van der Waals surface area (Å²) in [7, 11) is 0. The van der Waals surface area contributed by atoms with E-state index >= 15 is 0 Å². The zero-order valence-corrected chi connectivity index (χ0v) is 11.0. The normalized spacial score (nSPS) is 11.5. The van der Waals surface area contributed by atoms with Crippen LogP contribution in [0.5, 0.6) is 0 Å². The van der Waals surface area contributed by atoms with E-state index in [-0.39, 0.29) is 16.0 Å². The lowest BCUT2D eigenvalue weighted by molar-refractivity contribution is -0.137. The Morgan fingerprint density at radius 1 is 1.00 bits per heavy atom. The van der Waals surface area contributed by atoms with Crippen molar-refractivity contribution < 1.29 is 17.6 Å². The van der Waals surface area contributed by atoms with Gasteiger partial charge in [0.25, 0.3) is 0 Å². The molecule has 0 atom stereocenters. The van der Waals surface area contributed by atoms with Gasteiger partial charge in [-0.2, -0.15) is 13.2 Å². The number of nitrogens with one attached hydrogen (secondary N) is 1. The first-order chi connectivity index (χ1) is 9.27. The van der Waals surface area contributed by atoms with Gasteiger partial charge in [-0.15, -0.1) is 10.2 Å². The summed E-state index contributed by atoms with van der Waals surface area (Å²) >= 11 is 11.3. The summed E-state index contributed by atoms with van der Waals surface area (Å²) in [6, 6.07) is 3.19. The van der Waals surface area contributed by atoms with Crippen LogP contribution in [0.4, 0.5) is 28.9 Å². The van der Waals surface area contributed by atoms with E-state index in [4.69, 9.17) is 23.2 Å². The molecule has 0 aliphatic rings. The predicted molar refractivity (Wildman–Crippen MR) is 66.7 cm³/mol. The lowest BCUT2D eigenvalue weighted by Crippen LogP contribution is -2.06. The van der Waals surface area contributed by atoms with E-state index < -0.39 is 23.2 Å². The summed E-state index contributed by atoms with van der Waals surface area (Å²) in [4.78, 5) is 0. The molecule has 106 valence electrons. The fourth-order valence-electron chi connectivity index (χ4n) is 1.38. The standard InChI is InChI=1S/C11H5Cl2F4N3/c12-9-4-8(10(13)20-19-9)18-7-3-5(11(15,16)17)1-2-6(7)14/h1-4H,(H,18,19). The summed E-state index contributed by atoms with van der Waals surface area (Å²) in [5.74, 6) is -0.873. The minimum absolute atomic E-state index is 0.0377. The average molecular weight is 326 g/mol. The van der Waals surface area contributed by atoms with Crippen LogP contribution in [0, 0.1) is 5.82 Å². The van der Waals surface area contributed by atoms with E-state index in [2.05, 4.69) is 15.5 Å². The van der Waals surface area contributed by atoms with Crippen molar-refractivity contribution in [3.05, 3.63) is 46.0 Å². The molecule has 1 N–H and O–H groups in total. The zero-order valence-electron chi connectivity index (χ0n) is 9.47. The molecule has 20 heavy (non-hydrogen) atoms. The van der Waals surface area contributed by atoms with Gasteiger partial charge in [-0.3, -0.25) is 0 Å². The molecule has 0 radical (unpaired) electrons. The first kappa shape index (κ1) is 14.8. The summed E-state index contributed by atoms with van der Waals surface area (Å²) in [6.07, 6.45) is -4.58. The topological polar surface area (TPSA) is 37.8 Å². The van der Waals surface area contributed by atoms with Crippen LogP contribution in [-0.2, 0) is 6.18 Å². The van der Waals surface area contributed by atoms with Gasteiger partial charge in [-0.25, -0.2) is 4.39 Å². The second-order valence-electron chi connectivity index (χ2n) is 3.69. The van der Waals surface area contributed by atoms with Crippen molar-refractivity contribution in [1.29, 1.82) is 0 Å². The molecule has 2 rings (SSSR count). The summed E-state index contributed by atoms with van der Waals surface area (Å²) in [5.41, 5.74) is -1.35. The molecule has 0 fully saturated rings. The third kappa shape index (κ3) is 3.29. The Bertz CT molecular complexity index is 646. The molecule has 0 bridgehead atoms. The summed E-state index contributed by atoms with van der Waals surface area (Å²) in [6.45, 7) is 0. The number of aromatic nitrogens is 2. The second kappa shape index (κ2) is 5.41. The second-order valence-corrected chi connectivity index (χ2v) is 4.43. The number of anilines is 2. The molecule has 0 saturated heterocycles. The fourth-order valence-corrected chi connectivity index (χ4v) is 1.67. The molecule has 0 saturated carbocycles. The molecule has 3 nitrogen and oxygen atoms in total. The SMILES string of the molecule is Fc1ccc(C(F)(F)F)cc1Nc1cc(Cl)nnc1Cl. The predicted octanol–water partition coefficient (Wildman–Crippen LogP) is 4.68. The van der Waals surface area contributed by atoms with Crippen molar-refractivity contribution >= 4 is 34.6 Å². The Labute approximate surface area is 120 Å². The van der Waals surface area contributed by atoms with E-state index in [1.807, 2.05) is 0 Å². The molecular weight excluding hydrogens is 321 g/mol. The van der Waals surface area contributed by atoms with Gasteiger partial charge < -0.3 is 5.32 Å². The number of rotatable bonds is 2. The molecule has 2 aromatic rings. The Hall–Kier alpha value is -1.60. The molecule has 1 aromatic carbocycles. The molecule has 0 aliphatic carbocycles. The molecular formula is C11H5Cl2F4N3. The Balaban J connectivity index is 2.40. The summed E-state index contributed by atoms with van der Waals surface area (Å²) < 4.78 is 51.2. The van der Waals surface area contributed by atoms with Crippen molar-refractivity contribution in [1.82, 2.24) is 10.2 Å². The Kier molecular flexibility index (Phi) is 4.01. The third-order valence-corrected chi connectivity index (χ3v) is 2.75. The molecule has 0 aliphatic heterocycles. The van der Waals surface area contributed by atoms with Gasteiger partial charge in [-0.1, -0.05) is 23.2 Å². The number of hydrogen-bond donors (Lipinski definition) is 1. The van der Waals surface area contributed by atoms with Gasteiger partial charge in [0.2, 0.25) is 0 Å². The lowest BCUT2D eigenvalue weighted by atomic mass is 10.2. The molecule has 9 heteroatoms. The van der Waals surface area contributed by atoms with Crippen LogP contribution in [0.1, 0.15) is 5.56 Å². The van der Waals surface area contributed by atoms with Crippen molar-refractivity contribution in [2.24, 2.45) is 0 Å². The van der Waals surface area contributed by atoms with Gasteiger partial charge in [0.1, 0.15) is 5.82 Å². The van der Waals surface area contributed by atoms with E-state index in [1.54, 1.807) is 0 Å². The Morgan fingerprint density at radius 3 is 2.35 bits per heavy atom. The van der Waals surface area contributed by atoms with Crippen LogP contribution in [-0.4, -0.2) is 10.2 Å². The summed E-state index contributed by atoms with van der Waals surface area (Å²) in [5, 5.41) is 9.10. The van der Waals surface area contributed by atoms with Crippen LogP contribution in [0.25, 0.3) is 0 Å². The van der Waals surface area contributed by atoms with Gasteiger partial charge in [0.05, 0.1) is 16.9 Å². The highest BCUT2D eigenvalue weighted by Gasteiger charge is 2.31. The van der Waals surface area contributed by atoms with Gasteiger partial charge in [0, 0.05) is 6.07 Å². The van der Waals surface area contributed by atoms with Crippen LogP contribution >= 0.6 is 23.2 Å². The molecule has 1 aromatic heterocycles. The minimum atomic E-state index is -4.58. The average Bonchev–Trinajstić information content (AvgIpc) is 2.35. The molecule has 0 unspecified atom stereocenters. The highest BCUT2D eigenvalue weighted by atomic mass is 35.5. The number of halogens is 6. The fraction of sp³-hybridized carbons (Fsp3) is 0.0909. The van der Waals surface area contributed by atoms with Crippen molar-refractivity contribution in [2.45, 2.75) is 6.18 Å². The minimum Gasteiger partial charge on any atom is -0.350 e. The Morgan fingerprint density at radius 2 is 1.70 bits per heavy atom. The highest BCUT2D eigenvalue weighted by Crippen LogP contribution is 2.33. The number of nitrogens with zero attached hydrogens (tertiary/aromatic N) is 2. The van der Waals surface area contributed by atoms with E-state index in [0.29, 0.717) is 18.2 Å². The monoisotopic (exact) mass is 325 g/mol. The highest BCUT2D eigenvalue weighted by molar-refractivity contribution is 6.33. The maximum absolute atomic E-state index is 13.5. The largest absolute Gasteiger partial charge is 0.416 e. The third-order valence-electron chi connectivity index (χ3n) is 2.28. The van der Waals surface area contributed by atoms with E-state index in [0.717, 1.165) is 0 Å². The van der Waals surface area contributed by atoms with Crippen molar-refractivity contribution in [2.75, 3.05) is 5.32 Å².